The summed E-state index contributed by atoms with van der Waals surface area (Å²) < 4.78 is 47.6. The number of nitrogens with zero attached hydrogens (tertiary/aromatic N) is 2. The zero-order valence-corrected chi connectivity index (χ0v) is 16.2. The number of rotatable bonds is 4. The second-order valence-electron chi connectivity index (χ2n) is 6.88. The predicted molar refractivity (Wildman–Crippen MR) is 100 cm³/mol. The molecule has 1 amide bonds. The van der Waals surface area contributed by atoms with E-state index in [2.05, 4.69) is 5.43 Å². The van der Waals surface area contributed by atoms with Crippen LogP contribution in [0, 0.1) is 13.8 Å². The minimum absolute atomic E-state index is 0.0425. The van der Waals surface area contributed by atoms with Crippen LogP contribution in [0.25, 0.3) is 5.69 Å². The van der Waals surface area contributed by atoms with Gasteiger partial charge in [0.05, 0.1) is 12.2 Å². The summed E-state index contributed by atoms with van der Waals surface area (Å²) in [6, 6.07) is 10.7. The highest BCUT2D eigenvalue weighted by molar-refractivity contribution is 5.96. The number of hydrazine groups is 1. The van der Waals surface area contributed by atoms with Gasteiger partial charge in [0, 0.05) is 36.3 Å². The van der Waals surface area contributed by atoms with Crippen molar-refractivity contribution in [1.82, 2.24) is 15.0 Å². The fourth-order valence-corrected chi connectivity index (χ4v) is 3.44. The predicted octanol–water partition coefficient (Wildman–Crippen LogP) is 3.23. The van der Waals surface area contributed by atoms with Gasteiger partial charge in [-0.25, -0.2) is 5.01 Å². The minimum Gasteiger partial charge on any atom is -0.381 e. The molecule has 29 heavy (non-hydrogen) atoms. The zero-order valence-electron chi connectivity index (χ0n) is 16.2. The standard InChI is InChI=1S/C20H22F3N3O3/c1-13-11-17(14(2)25(13)16-7-5-4-6-8-16)18(27)26-19(28,20(21,22)23)12-15(24-26)9-10-29-3/h4-9,11,24,28H,10,12H2,1-3H3/b15-9-/t19-/m0/s1. The van der Waals surface area contributed by atoms with Gasteiger partial charge in [-0.1, -0.05) is 18.2 Å². The summed E-state index contributed by atoms with van der Waals surface area (Å²) in [5.74, 6) is -0.971. The number of methoxy groups -OCH3 is 1. The molecular formula is C20H22F3N3O3. The molecule has 156 valence electrons. The number of nitrogens with one attached hydrogen (secondary N) is 1. The third-order valence-electron chi connectivity index (χ3n) is 4.89. The molecular weight excluding hydrogens is 387 g/mol. The van der Waals surface area contributed by atoms with Crippen molar-refractivity contribution >= 4 is 5.91 Å². The summed E-state index contributed by atoms with van der Waals surface area (Å²) in [6.07, 6.45) is -4.50. The van der Waals surface area contributed by atoms with E-state index in [9.17, 15) is 23.1 Å². The van der Waals surface area contributed by atoms with Gasteiger partial charge < -0.3 is 14.4 Å². The molecule has 2 heterocycles. The second kappa shape index (κ2) is 7.57. The van der Waals surface area contributed by atoms with Crippen LogP contribution in [0.15, 0.2) is 48.2 Å². The van der Waals surface area contributed by atoms with Gasteiger partial charge in [0.2, 0.25) is 0 Å². The molecule has 1 aromatic carbocycles. The van der Waals surface area contributed by atoms with Crippen LogP contribution in [0.2, 0.25) is 0 Å². The Bertz CT molecular complexity index is 938. The Balaban J connectivity index is 2.03. The molecule has 1 aliphatic rings. The van der Waals surface area contributed by atoms with Crippen LogP contribution < -0.4 is 5.43 Å². The molecule has 1 aliphatic heterocycles. The van der Waals surface area contributed by atoms with E-state index in [-0.39, 0.29) is 22.9 Å². The number of carbonyl (C=O) groups excluding carboxylic acids is 1. The fourth-order valence-electron chi connectivity index (χ4n) is 3.44. The number of hydrogen-bond acceptors (Lipinski definition) is 4. The highest BCUT2D eigenvalue weighted by Crippen LogP contribution is 2.42. The van der Waals surface area contributed by atoms with Gasteiger partial charge in [0.15, 0.2) is 0 Å². The Kier molecular flexibility index (Phi) is 5.46. The number of aromatic nitrogens is 1. The Morgan fingerprint density at radius 1 is 1.31 bits per heavy atom. The molecule has 0 unspecified atom stereocenters. The second-order valence-corrected chi connectivity index (χ2v) is 6.88. The van der Waals surface area contributed by atoms with Crippen molar-refractivity contribution in [1.29, 1.82) is 0 Å². The Morgan fingerprint density at radius 3 is 2.55 bits per heavy atom. The monoisotopic (exact) mass is 409 g/mol. The van der Waals surface area contributed by atoms with Gasteiger partial charge in [0.25, 0.3) is 11.6 Å². The normalized spacial score (nSPS) is 20.9. The zero-order chi connectivity index (χ0) is 21.4. The van der Waals surface area contributed by atoms with Crippen LogP contribution >= 0.6 is 0 Å². The number of para-hydroxylation sites is 1. The lowest BCUT2D eigenvalue weighted by atomic mass is 10.1. The molecule has 1 atom stereocenters. The van der Waals surface area contributed by atoms with Crippen LogP contribution in [0.5, 0.6) is 0 Å². The first-order valence-electron chi connectivity index (χ1n) is 8.93. The number of ether oxygens (including phenoxy) is 1. The number of aliphatic hydroxyl groups is 1. The Hall–Kier alpha value is -2.78. The maximum atomic E-state index is 13.7. The van der Waals surface area contributed by atoms with Crippen LogP contribution in [0.4, 0.5) is 13.2 Å². The van der Waals surface area contributed by atoms with E-state index in [1.165, 1.54) is 19.3 Å². The van der Waals surface area contributed by atoms with Crippen molar-refractivity contribution in [3.63, 3.8) is 0 Å². The summed E-state index contributed by atoms with van der Waals surface area (Å²) >= 11 is 0. The number of aryl methyl sites for hydroxylation is 1. The van der Waals surface area contributed by atoms with Crippen molar-refractivity contribution in [2.45, 2.75) is 32.2 Å². The third kappa shape index (κ3) is 3.63. The smallest absolute Gasteiger partial charge is 0.381 e. The molecule has 0 spiro atoms. The highest BCUT2D eigenvalue weighted by Gasteiger charge is 2.63. The summed E-state index contributed by atoms with van der Waals surface area (Å²) in [4.78, 5) is 13.1. The number of benzene rings is 1. The van der Waals surface area contributed by atoms with Crippen molar-refractivity contribution in [2.24, 2.45) is 0 Å². The van der Waals surface area contributed by atoms with Crippen molar-refractivity contribution in [3.8, 4) is 5.69 Å². The molecule has 2 N–H and O–H groups in total. The lowest BCUT2D eigenvalue weighted by molar-refractivity contribution is -0.299. The minimum atomic E-state index is -5.05. The quantitative estimate of drug-likeness (QED) is 0.814. The number of halogens is 3. The summed E-state index contributed by atoms with van der Waals surface area (Å²) in [7, 11) is 1.39. The summed E-state index contributed by atoms with van der Waals surface area (Å²) in [5.41, 5.74) is 1.09. The van der Waals surface area contributed by atoms with E-state index in [0.717, 1.165) is 5.69 Å². The molecule has 2 aromatic rings. The molecule has 0 radical (unpaired) electrons. The van der Waals surface area contributed by atoms with E-state index >= 15 is 0 Å². The maximum absolute atomic E-state index is 13.7. The van der Waals surface area contributed by atoms with Gasteiger partial charge in [-0.2, -0.15) is 13.2 Å². The molecule has 1 fully saturated rings. The number of carbonyl (C=O) groups is 1. The Morgan fingerprint density at radius 2 is 1.97 bits per heavy atom. The van der Waals surface area contributed by atoms with Crippen molar-refractivity contribution in [2.75, 3.05) is 13.7 Å². The van der Waals surface area contributed by atoms with Crippen LogP contribution in [0.3, 0.4) is 0 Å². The van der Waals surface area contributed by atoms with E-state index in [1.807, 2.05) is 30.3 Å². The van der Waals surface area contributed by atoms with E-state index < -0.39 is 24.2 Å². The highest BCUT2D eigenvalue weighted by atomic mass is 19.4. The number of amides is 1. The summed E-state index contributed by atoms with van der Waals surface area (Å²) in [5, 5.41) is 10.7. The van der Waals surface area contributed by atoms with Gasteiger partial charge >= 0.3 is 6.18 Å². The molecule has 3 rings (SSSR count). The van der Waals surface area contributed by atoms with Crippen molar-refractivity contribution < 1.29 is 27.8 Å². The van der Waals surface area contributed by atoms with Gasteiger partial charge in [-0.05, 0) is 38.1 Å². The largest absolute Gasteiger partial charge is 0.438 e. The van der Waals surface area contributed by atoms with Crippen molar-refractivity contribution in [3.05, 3.63) is 65.1 Å². The van der Waals surface area contributed by atoms with Crippen LogP contribution in [-0.4, -0.2) is 46.2 Å². The first-order valence-corrected chi connectivity index (χ1v) is 8.93. The molecule has 1 saturated heterocycles. The Labute approximate surface area is 166 Å². The summed E-state index contributed by atoms with van der Waals surface area (Å²) in [6.45, 7) is 3.45. The maximum Gasteiger partial charge on any atom is 0.438 e. The third-order valence-corrected chi connectivity index (χ3v) is 4.89. The first kappa shape index (κ1) is 20.9. The topological polar surface area (TPSA) is 66.7 Å². The molecule has 1 aromatic heterocycles. The van der Waals surface area contributed by atoms with Crippen LogP contribution in [0.1, 0.15) is 28.2 Å². The molecule has 6 nitrogen and oxygen atoms in total. The SMILES string of the molecule is COC/C=C1/C[C@](O)(C(F)(F)F)N(C(=O)c2cc(C)n(-c3ccccc3)c2C)N1. The molecule has 9 heteroatoms. The van der Waals surface area contributed by atoms with Crippen LogP contribution in [-0.2, 0) is 4.74 Å². The molecule has 0 bridgehead atoms. The number of hydrogen-bond donors (Lipinski definition) is 2. The molecule has 0 saturated carbocycles. The lowest BCUT2D eigenvalue weighted by Crippen LogP contribution is -2.60. The van der Waals surface area contributed by atoms with Gasteiger partial charge in [0.1, 0.15) is 0 Å². The fraction of sp³-hybridized carbons (Fsp3) is 0.350. The van der Waals surface area contributed by atoms with E-state index in [1.54, 1.807) is 18.4 Å². The number of alkyl halides is 3. The van der Waals surface area contributed by atoms with Gasteiger partial charge in [-0.15, -0.1) is 0 Å². The van der Waals surface area contributed by atoms with E-state index in [4.69, 9.17) is 4.74 Å². The van der Waals surface area contributed by atoms with E-state index in [0.29, 0.717) is 11.4 Å². The average molecular weight is 409 g/mol. The lowest BCUT2D eigenvalue weighted by Gasteiger charge is -2.33. The first-order chi connectivity index (χ1) is 13.6. The average Bonchev–Trinajstić information content (AvgIpc) is 3.17. The van der Waals surface area contributed by atoms with Gasteiger partial charge in [-0.3, -0.25) is 10.2 Å². The molecule has 0 aliphatic carbocycles.